The molecule has 0 rings (SSSR count). The van der Waals surface area contributed by atoms with Gasteiger partial charge in [-0.1, -0.05) is 98.3 Å². The molecular weight excluding hydrogens is 478 g/mol. The van der Waals surface area contributed by atoms with E-state index in [1.807, 2.05) is 0 Å². The number of rotatable bonds is 22. The molecular formula is C24H53NO7S2. The zero-order valence-corrected chi connectivity index (χ0v) is 23.9. The minimum atomic E-state index is -5.37. The maximum absolute atomic E-state index is 9.40. The van der Waals surface area contributed by atoms with Crippen molar-refractivity contribution in [2.75, 3.05) is 26.2 Å². The van der Waals surface area contributed by atoms with Crippen molar-refractivity contribution in [3.8, 4) is 0 Å². The van der Waals surface area contributed by atoms with Crippen LogP contribution in [-0.2, 0) is 24.4 Å². The zero-order chi connectivity index (χ0) is 26.3. The van der Waals surface area contributed by atoms with E-state index in [4.69, 9.17) is 4.55 Å². The predicted octanol–water partition coefficient (Wildman–Crippen LogP) is 6.39. The Morgan fingerprint density at radius 2 is 0.853 bits per heavy atom. The molecule has 208 valence electrons. The lowest BCUT2D eigenvalue weighted by Gasteiger charge is -2.39. The zero-order valence-electron chi connectivity index (χ0n) is 22.3. The highest BCUT2D eigenvalue weighted by Crippen LogP contribution is 2.18. The van der Waals surface area contributed by atoms with Crippen LogP contribution in [0.5, 0.6) is 0 Å². The van der Waals surface area contributed by atoms with Gasteiger partial charge in [-0.2, -0.15) is 8.42 Å². The molecule has 34 heavy (non-hydrogen) atoms. The Hall–Kier alpha value is -0.260. The molecule has 0 heterocycles. The number of nitrogens with zero attached hydrogens (tertiary/aromatic N) is 1. The maximum atomic E-state index is 9.40. The smallest absolute Gasteiger partial charge is 0.411 e. The molecule has 0 aromatic heterocycles. The minimum Gasteiger partial charge on any atom is -0.725 e. The number of hydrogen-bond donors (Lipinski definition) is 1. The molecule has 0 saturated carbocycles. The third-order valence-corrected chi connectivity index (χ3v) is 7.47. The van der Waals surface area contributed by atoms with Gasteiger partial charge in [0, 0.05) is 0 Å². The van der Waals surface area contributed by atoms with Gasteiger partial charge in [-0.15, -0.1) is 3.63 Å². The Balaban J connectivity index is 0. The highest BCUT2D eigenvalue weighted by molar-refractivity contribution is 7.94. The Kier molecular flexibility index (Phi) is 23.2. The molecule has 0 spiro atoms. The topological polar surface area (TPSA) is 121 Å². The summed E-state index contributed by atoms with van der Waals surface area (Å²) in [6.07, 6.45) is 22.9. The van der Waals surface area contributed by atoms with Crippen molar-refractivity contribution in [2.45, 2.75) is 130 Å². The summed E-state index contributed by atoms with van der Waals surface area (Å²) in [7, 11) is -10.6. The summed E-state index contributed by atoms with van der Waals surface area (Å²) in [4.78, 5) is 0. The van der Waals surface area contributed by atoms with Gasteiger partial charge in [0.15, 0.2) is 0 Å². The molecule has 0 aliphatic carbocycles. The Labute approximate surface area is 211 Å². The van der Waals surface area contributed by atoms with Crippen molar-refractivity contribution in [1.29, 1.82) is 0 Å². The van der Waals surface area contributed by atoms with Crippen molar-refractivity contribution in [3.05, 3.63) is 0 Å². The first-order valence-electron chi connectivity index (χ1n) is 13.4. The first-order valence-corrected chi connectivity index (χ1v) is 16.1. The van der Waals surface area contributed by atoms with Gasteiger partial charge in [-0.3, -0.25) is 4.55 Å². The van der Waals surface area contributed by atoms with Gasteiger partial charge in [0.2, 0.25) is 10.4 Å². The van der Waals surface area contributed by atoms with Crippen LogP contribution in [0.1, 0.15) is 130 Å². The quantitative estimate of drug-likeness (QED) is 0.0743. The van der Waals surface area contributed by atoms with Crippen LogP contribution in [0.2, 0.25) is 0 Å². The van der Waals surface area contributed by atoms with Crippen LogP contribution in [0.15, 0.2) is 0 Å². The van der Waals surface area contributed by atoms with Gasteiger partial charge < -0.3 is 9.04 Å². The Morgan fingerprint density at radius 3 is 1.12 bits per heavy atom. The highest BCUT2D eigenvalue weighted by Gasteiger charge is 2.24. The summed E-state index contributed by atoms with van der Waals surface area (Å²) in [5, 5.41) is 0. The minimum absolute atomic E-state index is 1.36. The second-order valence-electron chi connectivity index (χ2n) is 9.38. The van der Waals surface area contributed by atoms with Crippen molar-refractivity contribution >= 4 is 20.8 Å². The van der Waals surface area contributed by atoms with Crippen molar-refractivity contribution < 1.29 is 34.1 Å². The average molecular weight is 532 g/mol. The molecule has 8 nitrogen and oxygen atoms in total. The number of quaternary nitrogens is 1. The fourth-order valence-corrected chi connectivity index (χ4v) is 5.03. The largest absolute Gasteiger partial charge is 0.725 e. The first-order chi connectivity index (χ1) is 15.9. The molecule has 0 bridgehead atoms. The van der Waals surface area contributed by atoms with E-state index in [9.17, 15) is 21.4 Å². The fraction of sp³-hybridized carbons (Fsp3) is 1.00. The SMILES string of the molecule is CCCCCCCCCCCC[N+](CCCC)(CCCC)CCCC.O=S(=O)([O-])OS(=O)(=O)O. The van der Waals surface area contributed by atoms with Crippen LogP contribution in [0.3, 0.4) is 0 Å². The summed E-state index contributed by atoms with van der Waals surface area (Å²) in [5.74, 6) is 0. The van der Waals surface area contributed by atoms with Gasteiger partial charge >= 0.3 is 10.4 Å². The van der Waals surface area contributed by atoms with Crippen molar-refractivity contribution in [3.63, 3.8) is 0 Å². The average Bonchev–Trinajstić information content (AvgIpc) is 2.73. The Bertz CT molecular complexity index is 600. The lowest BCUT2D eigenvalue weighted by atomic mass is 10.1. The van der Waals surface area contributed by atoms with E-state index in [-0.39, 0.29) is 0 Å². The number of hydrogen-bond acceptors (Lipinski definition) is 6. The number of unbranched alkanes of at least 4 members (excludes halogenated alkanes) is 12. The van der Waals surface area contributed by atoms with Crippen molar-refractivity contribution in [1.82, 2.24) is 0 Å². The standard InChI is InChI=1S/C24H52N.H2O7S2/c1-5-9-13-14-15-16-17-18-19-20-24-25(21-10-6-2,22-11-7-3)23-12-8-4;1-8(2,3)7-9(4,5)6/h5-24H2,1-4H3;(H,1,2,3)(H,4,5,6)/q+1;/p-1. The monoisotopic (exact) mass is 531 g/mol. The second kappa shape index (κ2) is 22.0. The molecule has 0 unspecified atom stereocenters. The summed E-state index contributed by atoms with van der Waals surface area (Å²) in [5.41, 5.74) is 0. The van der Waals surface area contributed by atoms with E-state index in [0.717, 1.165) is 0 Å². The van der Waals surface area contributed by atoms with E-state index in [0.29, 0.717) is 0 Å². The van der Waals surface area contributed by atoms with E-state index in [2.05, 4.69) is 31.3 Å². The van der Waals surface area contributed by atoms with Gasteiger partial charge in [-0.05, 0) is 32.1 Å². The normalized spacial score (nSPS) is 12.4. The van der Waals surface area contributed by atoms with Crippen LogP contribution in [0.25, 0.3) is 0 Å². The second-order valence-corrected chi connectivity index (χ2v) is 11.6. The lowest BCUT2D eigenvalue weighted by molar-refractivity contribution is -0.929. The van der Waals surface area contributed by atoms with E-state index >= 15 is 0 Å². The molecule has 0 radical (unpaired) electrons. The molecule has 0 saturated heterocycles. The third kappa shape index (κ3) is 26.3. The van der Waals surface area contributed by atoms with E-state index < -0.39 is 20.8 Å². The molecule has 0 aliphatic rings. The van der Waals surface area contributed by atoms with Gasteiger partial charge in [-0.25, -0.2) is 8.42 Å². The summed E-state index contributed by atoms with van der Waals surface area (Å²) in [6.45, 7) is 15.1. The molecule has 0 fully saturated rings. The highest BCUT2D eigenvalue weighted by atomic mass is 32.3. The summed E-state index contributed by atoms with van der Waals surface area (Å²) >= 11 is 0. The molecule has 10 heteroatoms. The summed E-state index contributed by atoms with van der Waals surface area (Å²) < 4.78 is 58.3. The first kappa shape index (κ1) is 35.9. The Morgan fingerprint density at radius 1 is 0.559 bits per heavy atom. The maximum Gasteiger partial charge on any atom is 0.411 e. The third-order valence-electron chi connectivity index (χ3n) is 6.11. The molecule has 0 aromatic rings. The summed E-state index contributed by atoms with van der Waals surface area (Å²) in [6, 6.07) is 0. The molecule has 1 N–H and O–H groups in total. The molecule has 0 aromatic carbocycles. The van der Waals surface area contributed by atoms with Crippen LogP contribution in [0, 0.1) is 0 Å². The molecule has 0 aliphatic heterocycles. The van der Waals surface area contributed by atoms with Gasteiger partial charge in [0.1, 0.15) is 0 Å². The van der Waals surface area contributed by atoms with Gasteiger partial charge in [0.25, 0.3) is 0 Å². The van der Waals surface area contributed by atoms with Crippen LogP contribution >= 0.6 is 0 Å². The molecule has 0 atom stereocenters. The predicted molar refractivity (Wildman–Crippen MR) is 139 cm³/mol. The van der Waals surface area contributed by atoms with Crippen LogP contribution < -0.4 is 0 Å². The van der Waals surface area contributed by atoms with E-state index in [1.165, 1.54) is 133 Å². The molecule has 0 amide bonds. The fourth-order valence-electron chi connectivity index (χ4n) is 4.19. The van der Waals surface area contributed by atoms with Gasteiger partial charge in [0.05, 0.1) is 26.2 Å². The van der Waals surface area contributed by atoms with Crippen LogP contribution in [0.4, 0.5) is 0 Å². The van der Waals surface area contributed by atoms with Crippen LogP contribution in [-0.4, -0.2) is 56.6 Å². The van der Waals surface area contributed by atoms with E-state index in [1.54, 1.807) is 0 Å². The van der Waals surface area contributed by atoms with Crippen molar-refractivity contribution in [2.24, 2.45) is 0 Å². The lowest BCUT2D eigenvalue weighted by Crippen LogP contribution is -2.50.